The maximum absolute atomic E-state index is 9.19. The summed E-state index contributed by atoms with van der Waals surface area (Å²) in [5.74, 6) is 0.519. The molecular weight excluding hydrogens is 188 g/mol. The molecule has 0 bridgehead atoms. The molecule has 0 aromatic carbocycles. The smallest absolute Gasteiger partial charge is 0.0459 e. The summed E-state index contributed by atoms with van der Waals surface area (Å²) < 4.78 is 0. The molecule has 0 aliphatic heterocycles. The quantitative estimate of drug-likeness (QED) is 0.521. The highest BCUT2D eigenvalue weighted by Gasteiger charge is 2.06. The van der Waals surface area contributed by atoms with E-state index in [1.807, 2.05) is 0 Å². The Bertz CT molecular complexity index is 115. The third kappa shape index (κ3) is 10.2. The van der Waals surface area contributed by atoms with Crippen molar-refractivity contribution in [2.75, 3.05) is 13.2 Å². The summed E-state index contributed by atoms with van der Waals surface area (Å²) in [4.78, 5) is 0. The number of aliphatic hydroxyl groups excluding tert-OH is 2. The van der Waals surface area contributed by atoms with Gasteiger partial charge in [0.05, 0.1) is 0 Å². The highest BCUT2D eigenvalue weighted by molar-refractivity contribution is 4.58. The Labute approximate surface area is 94.7 Å². The van der Waals surface area contributed by atoms with Gasteiger partial charge in [-0.2, -0.15) is 0 Å². The third-order valence-electron chi connectivity index (χ3n) is 2.99. The van der Waals surface area contributed by atoms with E-state index in [0.717, 1.165) is 19.3 Å². The molecule has 1 unspecified atom stereocenters. The molecule has 2 N–H and O–H groups in total. The van der Waals surface area contributed by atoms with Crippen molar-refractivity contribution in [2.45, 2.75) is 64.7 Å². The van der Waals surface area contributed by atoms with Gasteiger partial charge >= 0.3 is 0 Å². The maximum Gasteiger partial charge on any atom is 0.0459 e. The van der Waals surface area contributed by atoms with Crippen molar-refractivity contribution in [3.05, 3.63) is 0 Å². The zero-order valence-electron chi connectivity index (χ0n) is 10.2. The predicted octanol–water partition coefficient (Wildman–Crippen LogP) is 3.12. The minimum atomic E-state index is 0.319. The molecule has 0 aromatic heterocycles. The van der Waals surface area contributed by atoms with Crippen LogP contribution in [0.5, 0.6) is 0 Å². The first-order valence-electron chi connectivity index (χ1n) is 6.56. The van der Waals surface area contributed by atoms with Crippen LogP contribution < -0.4 is 0 Å². The number of hydrogen-bond donors (Lipinski definition) is 2. The SMILES string of the molecule is CCCCCC(CO)CCCCCCO. The van der Waals surface area contributed by atoms with Crippen LogP contribution >= 0.6 is 0 Å². The summed E-state index contributed by atoms with van der Waals surface area (Å²) in [5, 5.41) is 17.8. The molecule has 0 aliphatic carbocycles. The molecule has 0 heterocycles. The van der Waals surface area contributed by atoms with E-state index in [2.05, 4.69) is 6.92 Å². The Morgan fingerprint density at radius 2 is 1.40 bits per heavy atom. The summed E-state index contributed by atoms with van der Waals surface area (Å²) in [6, 6.07) is 0. The largest absolute Gasteiger partial charge is 0.396 e. The molecule has 92 valence electrons. The van der Waals surface area contributed by atoms with Gasteiger partial charge in [-0.1, -0.05) is 45.4 Å². The Hall–Kier alpha value is -0.0800. The molecule has 0 amide bonds. The lowest BCUT2D eigenvalue weighted by molar-refractivity contribution is 0.203. The van der Waals surface area contributed by atoms with Crippen molar-refractivity contribution in [1.29, 1.82) is 0 Å². The van der Waals surface area contributed by atoms with E-state index in [1.165, 1.54) is 38.5 Å². The lowest BCUT2D eigenvalue weighted by atomic mass is 9.95. The highest BCUT2D eigenvalue weighted by atomic mass is 16.3. The molecule has 0 radical (unpaired) electrons. The fraction of sp³-hybridized carbons (Fsp3) is 1.00. The number of aliphatic hydroxyl groups is 2. The minimum absolute atomic E-state index is 0.319. The van der Waals surface area contributed by atoms with Gasteiger partial charge in [0.25, 0.3) is 0 Å². The zero-order chi connectivity index (χ0) is 11.4. The van der Waals surface area contributed by atoms with E-state index in [4.69, 9.17) is 5.11 Å². The van der Waals surface area contributed by atoms with Crippen molar-refractivity contribution < 1.29 is 10.2 Å². The van der Waals surface area contributed by atoms with Crippen LogP contribution in [0.15, 0.2) is 0 Å². The van der Waals surface area contributed by atoms with Crippen LogP contribution in [-0.4, -0.2) is 23.4 Å². The van der Waals surface area contributed by atoms with Crippen molar-refractivity contribution in [1.82, 2.24) is 0 Å². The number of rotatable bonds is 11. The standard InChI is InChI=1S/C13H28O2/c1-2-3-6-9-13(12-15)10-7-4-5-8-11-14/h13-15H,2-12H2,1H3. The average Bonchev–Trinajstić information content (AvgIpc) is 2.26. The molecular formula is C13H28O2. The van der Waals surface area contributed by atoms with Crippen molar-refractivity contribution in [3.63, 3.8) is 0 Å². The van der Waals surface area contributed by atoms with E-state index in [9.17, 15) is 5.11 Å². The van der Waals surface area contributed by atoms with E-state index < -0.39 is 0 Å². The first-order chi connectivity index (χ1) is 7.35. The second-order valence-corrected chi connectivity index (χ2v) is 4.47. The topological polar surface area (TPSA) is 40.5 Å². The first kappa shape index (κ1) is 14.9. The van der Waals surface area contributed by atoms with Crippen LogP contribution in [0, 0.1) is 5.92 Å². The zero-order valence-corrected chi connectivity index (χ0v) is 10.2. The molecule has 0 spiro atoms. The molecule has 0 fully saturated rings. The molecule has 2 nitrogen and oxygen atoms in total. The van der Waals surface area contributed by atoms with Crippen LogP contribution in [0.2, 0.25) is 0 Å². The van der Waals surface area contributed by atoms with Crippen molar-refractivity contribution in [2.24, 2.45) is 5.92 Å². The normalized spacial score (nSPS) is 13.0. The summed E-state index contributed by atoms with van der Waals surface area (Å²) in [6.45, 7) is 2.88. The summed E-state index contributed by atoms with van der Waals surface area (Å²) in [5.41, 5.74) is 0. The van der Waals surface area contributed by atoms with Crippen LogP contribution in [0.3, 0.4) is 0 Å². The van der Waals surface area contributed by atoms with Crippen LogP contribution in [0.4, 0.5) is 0 Å². The van der Waals surface area contributed by atoms with Gasteiger partial charge in [0.2, 0.25) is 0 Å². The Kier molecular flexibility index (Phi) is 11.9. The summed E-state index contributed by atoms with van der Waals surface area (Å²) >= 11 is 0. The molecule has 0 saturated heterocycles. The molecule has 15 heavy (non-hydrogen) atoms. The van der Waals surface area contributed by atoms with Crippen LogP contribution in [0.25, 0.3) is 0 Å². The van der Waals surface area contributed by atoms with Crippen molar-refractivity contribution in [3.8, 4) is 0 Å². The van der Waals surface area contributed by atoms with Gasteiger partial charge in [-0.3, -0.25) is 0 Å². The van der Waals surface area contributed by atoms with Crippen LogP contribution in [0.1, 0.15) is 64.7 Å². The fourth-order valence-corrected chi connectivity index (χ4v) is 1.91. The monoisotopic (exact) mass is 216 g/mol. The van der Waals surface area contributed by atoms with Gasteiger partial charge in [-0.05, 0) is 25.2 Å². The molecule has 2 heteroatoms. The molecule has 0 aromatic rings. The fourth-order valence-electron chi connectivity index (χ4n) is 1.91. The second kappa shape index (κ2) is 12.0. The summed E-state index contributed by atoms with van der Waals surface area (Å²) in [7, 11) is 0. The molecule has 0 rings (SSSR count). The Morgan fingerprint density at radius 3 is 1.93 bits per heavy atom. The second-order valence-electron chi connectivity index (χ2n) is 4.47. The van der Waals surface area contributed by atoms with E-state index in [-0.39, 0.29) is 0 Å². The maximum atomic E-state index is 9.19. The van der Waals surface area contributed by atoms with Gasteiger partial charge in [-0.15, -0.1) is 0 Å². The predicted molar refractivity (Wildman–Crippen MR) is 64.9 cm³/mol. The summed E-state index contributed by atoms with van der Waals surface area (Å²) in [6.07, 6.45) is 10.6. The number of unbranched alkanes of at least 4 members (excludes halogenated alkanes) is 5. The third-order valence-corrected chi connectivity index (χ3v) is 2.99. The van der Waals surface area contributed by atoms with Gasteiger partial charge in [0.15, 0.2) is 0 Å². The first-order valence-corrected chi connectivity index (χ1v) is 6.56. The van der Waals surface area contributed by atoms with Gasteiger partial charge < -0.3 is 10.2 Å². The van der Waals surface area contributed by atoms with E-state index >= 15 is 0 Å². The Morgan fingerprint density at radius 1 is 0.800 bits per heavy atom. The molecule has 0 saturated carbocycles. The van der Waals surface area contributed by atoms with Crippen molar-refractivity contribution >= 4 is 0 Å². The minimum Gasteiger partial charge on any atom is -0.396 e. The van der Waals surface area contributed by atoms with Gasteiger partial charge in [-0.25, -0.2) is 0 Å². The van der Waals surface area contributed by atoms with Gasteiger partial charge in [0.1, 0.15) is 0 Å². The lowest BCUT2D eigenvalue weighted by Gasteiger charge is -2.13. The van der Waals surface area contributed by atoms with Crippen LogP contribution in [-0.2, 0) is 0 Å². The number of hydrogen-bond acceptors (Lipinski definition) is 2. The molecule has 0 aliphatic rings. The van der Waals surface area contributed by atoms with E-state index in [0.29, 0.717) is 19.1 Å². The Balaban J connectivity index is 3.28. The van der Waals surface area contributed by atoms with E-state index in [1.54, 1.807) is 0 Å². The van der Waals surface area contributed by atoms with Gasteiger partial charge in [0, 0.05) is 13.2 Å². The average molecular weight is 216 g/mol. The lowest BCUT2D eigenvalue weighted by Crippen LogP contribution is -2.06. The highest BCUT2D eigenvalue weighted by Crippen LogP contribution is 2.17. The molecule has 1 atom stereocenters.